The molecule has 11 heteroatoms. The van der Waals surface area contributed by atoms with E-state index in [-0.39, 0.29) is 21.5 Å². The monoisotopic (exact) mass is 340 g/mol. The highest BCUT2D eigenvalue weighted by Crippen LogP contribution is 2.38. The Labute approximate surface area is 122 Å². The average Bonchev–Trinajstić information content (AvgIpc) is 2.94. The summed E-state index contributed by atoms with van der Waals surface area (Å²) in [7, 11) is -4.09. The predicted molar refractivity (Wildman–Crippen MR) is 70.5 cm³/mol. The molecule has 1 aliphatic heterocycles. The smallest absolute Gasteiger partial charge is 0.322 e. The molecule has 0 radical (unpaired) electrons. The Kier molecular flexibility index (Phi) is 4.00. The number of hydrogen-bond donors (Lipinski definition) is 1. The van der Waals surface area contributed by atoms with Crippen LogP contribution in [0.4, 0.5) is 5.69 Å². The summed E-state index contributed by atoms with van der Waals surface area (Å²) in [4.78, 5) is 20.9. The van der Waals surface area contributed by atoms with Crippen molar-refractivity contribution < 1.29 is 23.2 Å². The van der Waals surface area contributed by atoms with Crippen molar-refractivity contribution in [3.8, 4) is 0 Å². The zero-order valence-electron chi connectivity index (χ0n) is 9.85. The number of carbonyl (C=O) groups is 1. The topological polar surface area (TPSA) is 118 Å². The highest BCUT2D eigenvalue weighted by molar-refractivity contribution is 7.91. The molecule has 1 atom stereocenters. The van der Waals surface area contributed by atoms with Crippen molar-refractivity contribution in [1.82, 2.24) is 4.31 Å². The number of nitro groups is 1. The molecule has 1 aromatic heterocycles. The third-order valence-electron chi connectivity index (χ3n) is 2.89. The van der Waals surface area contributed by atoms with Crippen LogP contribution < -0.4 is 0 Å². The molecular weight excluding hydrogens is 332 g/mol. The predicted octanol–water partition coefficient (Wildman–Crippen LogP) is 1.55. The van der Waals surface area contributed by atoms with E-state index in [2.05, 4.69) is 0 Å². The Morgan fingerprint density at radius 1 is 1.60 bits per heavy atom. The molecule has 1 aliphatic rings. The van der Waals surface area contributed by atoms with E-state index in [1.165, 1.54) is 0 Å². The largest absolute Gasteiger partial charge is 0.480 e. The molecule has 0 bridgehead atoms. The lowest BCUT2D eigenvalue weighted by atomic mass is 10.2. The minimum atomic E-state index is -4.09. The van der Waals surface area contributed by atoms with Crippen molar-refractivity contribution in [1.29, 1.82) is 0 Å². The minimum absolute atomic E-state index is 0.0720. The molecule has 0 spiro atoms. The third kappa shape index (κ3) is 2.51. The van der Waals surface area contributed by atoms with Crippen LogP contribution in [0.3, 0.4) is 0 Å². The lowest BCUT2D eigenvalue weighted by Crippen LogP contribution is -2.40. The molecule has 0 saturated carbocycles. The molecule has 1 saturated heterocycles. The molecule has 2 heterocycles. The van der Waals surface area contributed by atoms with Crippen LogP contribution in [0.1, 0.15) is 12.8 Å². The van der Waals surface area contributed by atoms with Crippen molar-refractivity contribution in [3.63, 3.8) is 0 Å². The number of hydrogen-bond acceptors (Lipinski definition) is 6. The van der Waals surface area contributed by atoms with Gasteiger partial charge in [0.1, 0.15) is 10.3 Å². The summed E-state index contributed by atoms with van der Waals surface area (Å²) in [5, 5.41) is 19.7. The van der Waals surface area contributed by atoms with Gasteiger partial charge in [0, 0.05) is 12.6 Å². The molecule has 110 valence electrons. The molecule has 1 aromatic rings. The van der Waals surface area contributed by atoms with Crippen molar-refractivity contribution in [2.24, 2.45) is 0 Å². The van der Waals surface area contributed by atoms with Crippen LogP contribution in [0.2, 0.25) is 4.34 Å². The molecule has 1 fully saturated rings. The second kappa shape index (κ2) is 5.28. The van der Waals surface area contributed by atoms with E-state index in [1.807, 2.05) is 0 Å². The highest BCUT2D eigenvalue weighted by Gasteiger charge is 2.41. The maximum Gasteiger partial charge on any atom is 0.322 e. The van der Waals surface area contributed by atoms with Crippen LogP contribution in [0.15, 0.2) is 10.3 Å². The van der Waals surface area contributed by atoms with Gasteiger partial charge in [-0.3, -0.25) is 14.9 Å². The molecule has 1 unspecified atom stereocenters. The SMILES string of the molecule is O=C(O)C1CCCN1S(=O)(=O)c1cc([N+](=O)[O-])c(Cl)s1. The average molecular weight is 341 g/mol. The number of halogens is 1. The van der Waals surface area contributed by atoms with E-state index < -0.39 is 32.6 Å². The molecular formula is C9H9ClN2O6S2. The number of sulfonamides is 1. The van der Waals surface area contributed by atoms with Crippen molar-refractivity contribution in [2.45, 2.75) is 23.1 Å². The Morgan fingerprint density at radius 3 is 2.75 bits per heavy atom. The lowest BCUT2D eigenvalue weighted by Gasteiger charge is -2.19. The van der Waals surface area contributed by atoms with Crippen molar-refractivity contribution in [3.05, 3.63) is 20.5 Å². The summed E-state index contributed by atoms with van der Waals surface area (Å²) < 4.78 is 24.9. The van der Waals surface area contributed by atoms with Crippen LogP contribution in [0, 0.1) is 10.1 Å². The van der Waals surface area contributed by atoms with Gasteiger partial charge in [-0.05, 0) is 12.8 Å². The summed E-state index contributed by atoms with van der Waals surface area (Å²) >= 11 is 6.18. The second-order valence-electron chi connectivity index (χ2n) is 4.09. The zero-order chi connectivity index (χ0) is 15.1. The van der Waals surface area contributed by atoms with Gasteiger partial charge in [-0.1, -0.05) is 11.6 Å². The molecule has 8 nitrogen and oxygen atoms in total. The zero-order valence-corrected chi connectivity index (χ0v) is 12.2. The van der Waals surface area contributed by atoms with Gasteiger partial charge in [-0.15, -0.1) is 11.3 Å². The fourth-order valence-corrected chi connectivity index (χ4v) is 5.43. The van der Waals surface area contributed by atoms with Crippen LogP contribution in [0.5, 0.6) is 0 Å². The summed E-state index contributed by atoms with van der Waals surface area (Å²) in [6, 6.07) is -0.278. The lowest BCUT2D eigenvalue weighted by molar-refractivity contribution is -0.384. The van der Waals surface area contributed by atoms with E-state index >= 15 is 0 Å². The van der Waals surface area contributed by atoms with Crippen molar-refractivity contribution in [2.75, 3.05) is 6.54 Å². The molecule has 0 aromatic carbocycles. The van der Waals surface area contributed by atoms with Crippen LogP contribution >= 0.6 is 22.9 Å². The first-order valence-electron chi connectivity index (χ1n) is 5.43. The van der Waals surface area contributed by atoms with Gasteiger partial charge in [0.25, 0.3) is 15.7 Å². The summed E-state index contributed by atoms with van der Waals surface area (Å²) in [6.45, 7) is 0.0720. The number of carboxylic acids is 1. The Morgan fingerprint density at radius 2 is 2.25 bits per heavy atom. The Hall–Kier alpha value is -1.23. The van der Waals surface area contributed by atoms with Gasteiger partial charge in [-0.25, -0.2) is 8.42 Å². The summed E-state index contributed by atoms with van der Waals surface area (Å²) in [5.41, 5.74) is -0.499. The highest BCUT2D eigenvalue weighted by atomic mass is 35.5. The number of thiophene rings is 1. The van der Waals surface area contributed by atoms with E-state index in [4.69, 9.17) is 16.7 Å². The van der Waals surface area contributed by atoms with E-state index in [0.29, 0.717) is 17.8 Å². The second-order valence-corrected chi connectivity index (χ2v) is 7.87. The first-order valence-corrected chi connectivity index (χ1v) is 8.07. The van der Waals surface area contributed by atoms with E-state index in [1.54, 1.807) is 0 Å². The fourth-order valence-electron chi connectivity index (χ4n) is 1.98. The quantitative estimate of drug-likeness (QED) is 0.656. The van der Waals surface area contributed by atoms with Gasteiger partial charge in [-0.2, -0.15) is 4.31 Å². The van der Waals surface area contributed by atoms with Crippen LogP contribution in [-0.4, -0.2) is 41.3 Å². The fraction of sp³-hybridized carbons (Fsp3) is 0.444. The van der Waals surface area contributed by atoms with Crippen molar-refractivity contribution >= 4 is 44.6 Å². The van der Waals surface area contributed by atoms with E-state index in [0.717, 1.165) is 10.4 Å². The first kappa shape index (κ1) is 15.2. The number of nitrogens with zero attached hydrogens (tertiary/aromatic N) is 2. The standard InChI is InChI=1S/C9H9ClN2O6S2/c10-8-6(12(15)16)4-7(19-8)20(17,18)11-3-1-2-5(11)9(13)14/h4-5H,1-3H2,(H,13,14). The Balaban J connectivity index is 2.43. The minimum Gasteiger partial charge on any atom is -0.480 e. The van der Waals surface area contributed by atoms with Crippen LogP contribution in [0.25, 0.3) is 0 Å². The van der Waals surface area contributed by atoms with Crippen LogP contribution in [-0.2, 0) is 14.8 Å². The van der Waals surface area contributed by atoms with E-state index in [9.17, 15) is 23.3 Å². The van der Waals surface area contributed by atoms with Gasteiger partial charge in [0.2, 0.25) is 0 Å². The maximum absolute atomic E-state index is 12.3. The summed E-state index contributed by atoms with van der Waals surface area (Å²) in [5.74, 6) is -1.23. The number of rotatable bonds is 4. The first-order chi connectivity index (χ1) is 9.25. The Bertz CT molecular complexity index is 670. The van der Waals surface area contributed by atoms with Gasteiger partial charge < -0.3 is 5.11 Å². The molecule has 20 heavy (non-hydrogen) atoms. The van der Waals surface area contributed by atoms with Gasteiger partial charge in [0.05, 0.1) is 4.92 Å². The summed E-state index contributed by atoms with van der Waals surface area (Å²) in [6.07, 6.45) is 0.646. The number of carboxylic acid groups (broad SMARTS) is 1. The maximum atomic E-state index is 12.3. The molecule has 1 N–H and O–H groups in total. The number of aliphatic carboxylic acids is 1. The molecule has 0 aliphatic carbocycles. The molecule has 2 rings (SSSR count). The molecule has 0 amide bonds. The third-order valence-corrected chi connectivity index (χ3v) is 6.59. The normalized spacial score (nSPS) is 20.1. The van der Waals surface area contributed by atoms with Gasteiger partial charge >= 0.3 is 5.97 Å². The van der Waals surface area contributed by atoms with Gasteiger partial charge in [0.15, 0.2) is 4.34 Å².